The smallest absolute Gasteiger partial charge is 0.336 e. The highest BCUT2D eigenvalue weighted by atomic mass is 16.5. The van der Waals surface area contributed by atoms with Crippen molar-refractivity contribution in [1.82, 2.24) is 10.6 Å². The monoisotopic (exact) mass is 219 g/mol. The number of carbonyl (C=O) groups is 1. The van der Waals surface area contributed by atoms with Crippen LogP contribution in [0.15, 0.2) is 30.3 Å². The molecule has 0 saturated carbocycles. The first-order chi connectivity index (χ1) is 7.70. The van der Waals surface area contributed by atoms with Gasteiger partial charge >= 0.3 is 6.03 Å². The van der Waals surface area contributed by atoms with Gasteiger partial charge in [-0.1, -0.05) is 30.3 Å². The second kappa shape index (κ2) is 4.53. The molecule has 2 unspecified atom stereocenters. The lowest BCUT2D eigenvalue weighted by Crippen LogP contribution is -2.48. The van der Waals surface area contributed by atoms with Crippen LogP contribution in [-0.4, -0.2) is 30.1 Å². The highest BCUT2D eigenvalue weighted by Gasteiger charge is 2.31. The van der Waals surface area contributed by atoms with E-state index >= 15 is 0 Å². The number of nitrogens with zero attached hydrogens (tertiary/aromatic N) is 1. The molecule has 1 aliphatic rings. The fourth-order valence-electron chi connectivity index (χ4n) is 2.09. The lowest BCUT2D eigenvalue weighted by atomic mass is 10.0. The Hall–Kier alpha value is -1.55. The van der Waals surface area contributed by atoms with Gasteiger partial charge in [0, 0.05) is 6.54 Å². The van der Waals surface area contributed by atoms with Gasteiger partial charge in [0.15, 0.2) is 0 Å². The summed E-state index contributed by atoms with van der Waals surface area (Å²) in [6.45, 7) is 2.92. The van der Waals surface area contributed by atoms with Crippen LogP contribution in [-0.2, 0) is 4.74 Å². The molecule has 1 N–H and O–H groups in total. The van der Waals surface area contributed by atoms with Gasteiger partial charge in [-0.15, -0.1) is 0 Å². The fourth-order valence-corrected chi connectivity index (χ4v) is 2.09. The van der Waals surface area contributed by atoms with Crippen molar-refractivity contribution in [2.24, 2.45) is 0 Å². The molecular weight excluding hydrogens is 204 g/mol. The predicted molar refractivity (Wildman–Crippen MR) is 59.8 cm³/mol. The fraction of sp³-hybridized carbons (Fsp3) is 0.417. The van der Waals surface area contributed by atoms with Gasteiger partial charge in [-0.05, 0) is 12.5 Å². The summed E-state index contributed by atoms with van der Waals surface area (Å²) in [6.07, 6.45) is -0.121. The molecule has 2 rings (SSSR count). The summed E-state index contributed by atoms with van der Waals surface area (Å²) in [6, 6.07) is 9.11. The van der Waals surface area contributed by atoms with Gasteiger partial charge in [0.2, 0.25) is 0 Å². The molecule has 0 bridgehead atoms. The maximum Gasteiger partial charge on any atom is 0.336 e. The van der Waals surface area contributed by atoms with E-state index in [1.165, 1.54) is 0 Å². The molecule has 2 amide bonds. The Bertz CT molecular complexity index is 367. The topological polar surface area (TPSA) is 53.3 Å². The molecule has 16 heavy (non-hydrogen) atoms. The standard InChI is InChI=1S/C12H15N2O2/c1-9-11(10-5-3-2-4-6-10)16-8-7-14(9)12(13)15/h2-6,9,11,13H,7-8H2,1H3. The third-order valence-electron chi connectivity index (χ3n) is 2.95. The van der Waals surface area contributed by atoms with Crippen LogP contribution in [0.1, 0.15) is 18.6 Å². The number of hydrogen-bond donors (Lipinski definition) is 0. The van der Waals surface area contributed by atoms with E-state index in [0.717, 1.165) is 5.56 Å². The average Bonchev–Trinajstić information content (AvgIpc) is 2.30. The second-order valence-corrected chi connectivity index (χ2v) is 3.94. The first-order valence-electron chi connectivity index (χ1n) is 5.39. The van der Waals surface area contributed by atoms with Gasteiger partial charge in [0.1, 0.15) is 6.10 Å². The predicted octanol–water partition coefficient (Wildman–Crippen LogP) is 1.85. The third-order valence-corrected chi connectivity index (χ3v) is 2.95. The Balaban J connectivity index is 2.19. The van der Waals surface area contributed by atoms with Crippen molar-refractivity contribution in [3.63, 3.8) is 0 Å². The quantitative estimate of drug-likeness (QED) is 0.723. The lowest BCUT2D eigenvalue weighted by Gasteiger charge is -2.38. The van der Waals surface area contributed by atoms with Gasteiger partial charge in [-0.2, -0.15) is 0 Å². The molecule has 1 radical (unpaired) electrons. The number of ether oxygens (including phenoxy) is 1. The molecule has 1 aromatic rings. The van der Waals surface area contributed by atoms with E-state index in [-0.39, 0.29) is 12.1 Å². The number of carbonyl (C=O) groups excluding carboxylic acids is 1. The number of urea groups is 1. The van der Waals surface area contributed by atoms with Crippen LogP contribution in [0.4, 0.5) is 4.79 Å². The molecule has 1 aliphatic heterocycles. The van der Waals surface area contributed by atoms with E-state index < -0.39 is 6.03 Å². The number of nitrogens with one attached hydrogen (secondary N) is 1. The zero-order valence-electron chi connectivity index (χ0n) is 9.22. The molecule has 85 valence electrons. The van der Waals surface area contributed by atoms with Gasteiger partial charge in [0.05, 0.1) is 12.6 Å². The van der Waals surface area contributed by atoms with E-state index in [2.05, 4.69) is 0 Å². The third kappa shape index (κ3) is 2.02. The summed E-state index contributed by atoms with van der Waals surface area (Å²) in [5.41, 5.74) is 8.24. The number of morpholine rings is 1. The van der Waals surface area contributed by atoms with E-state index in [0.29, 0.717) is 13.2 Å². The Morgan fingerprint density at radius 3 is 2.75 bits per heavy atom. The molecule has 1 heterocycles. The Kier molecular flexibility index (Phi) is 3.10. The maximum atomic E-state index is 11.1. The van der Waals surface area contributed by atoms with Crippen molar-refractivity contribution >= 4 is 6.03 Å². The number of amides is 2. The molecule has 1 fully saturated rings. The average molecular weight is 219 g/mol. The lowest BCUT2D eigenvalue weighted by molar-refractivity contribution is -0.0487. The molecule has 1 saturated heterocycles. The van der Waals surface area contributed by atoms with Crippen LogP contribution in [0.3, 0.4) is 0 Å². The molecule has 2 atom stereocenters. The SMILES string of the molecule is CC1C(c2ccccc2)OCCN1C([NH])=O. The molecular formula is C12H15N2O2. The minimum Gasteiger partial charge on any atom is -0.370 e. The summed E-state index contributed by atoms with van der Waals surface area (Å²) in [5, 5.41) is 0. The van der Waals surface area contributed by atoms with Crippen molar-refractivity contribution < 1.29 is 9.53 Å². The summed E-state index contributed by atoms with van der Waals surface area (Å²) < 4.78 is 5.68. The van der Waals surface area contributed by atoms with Gasteiger partial charge in [-0.3, -0.25) is 0 Å². The maximum absolute atomic E-state index is 11.1. The van der Waals surface area contributed by atoms with Crippen LogP contribution in [0.5, 0.6) is 0 Å². The van der Waals surface area contributed by atoms with Gasteiger partial charge < -0.3 is 9.64 Å². The number of rotatable bonds is 1. The summed E-state index contributed by atoms with van der Waals surface area (Å²) in [4.78, 5) is 12.7. The van der Waals surface area contributed by atoms with Gasteiger partial charge in [-0.25, -0.2) is 10.5 Å². The van der Waals surface area contributed by atoms with Crippen LogP contribution >= 0.6 is 0 Å². The summed E-state index contributed by atoms with van der Waals surface area (Å²) in [7, 11) is 0. The largest absolute Gasteiger partial charge is 0.370 e. The molecule has 4 heteroatoms. The normalized spacial score (nSPS) is 25.4. The van der Waals surface area contributed by atoms with Crippen LogP contribution in [0.2, 0.25) is 0 Å². The zero-order valence-corrected chi connectivity index (χ0v) is 9.22. The Morgan fingerprint density at radius 2 is 2.12 bits per heavy atom. The molecule has 4 nitrogen and oxygen atoms in total. The Labute approximate surface area is 95.0 Å². The van der Waals surface area contributed by atoms with Crippen molar-refractivity contribution in [3.8, 4) is 0 Å². The van der Waals surface area contributed by atoms with E-state index in [1.54, 1.807) is 4.90 Å². The van der Waals surface area contributed by atoms with Crippen molar-refractivity contribution in [2.45, 2.75) is 19.1 Å². The zero-order chi connectivity index (χ0) is 11.5. The molecule has 0 aliphatic carbocycles. The van der Waals surface area contributed by atoms with Crippen molar-refractivity contribution in [2.75, 3.05) is 13.2 Å². The minimum absolute atomic E-state index is 0.0823. The molecule has 0 aromatic heterocycles. The van der Waals surface area contributed by atoms with Gasteiger partial charge in [0.25, 0.3) is 0 Å². The van der Waals surface area contributed by atoms with E-state index in [4.69, 9.17) is 10.5 Å². The minimum atomic E-state index is -0.628. The highest BCUT2D eigenvalue weighted by Crippen LogP contribution is 2.27. The van der Waals surface area contributed by atoms with E-state index in [1.807, 2.05) is 37.3 Å². The highest BCUT2D eigenvalue weighted by molar-refractivity contribution is 5.71. The van der Waals surface area contributed by atoms with E-state index in [9.17, 15) is 4.79 Å². The van der Waals surface area contributed by atoms with Crippen LogP contribution in [0, 0.1) is 0 Å². The Morgan fingerprint density at radius 1 is 1.44 bits per heavy atom. The summed E-state index contributed by atoms with van der Waals surface area (Å²) >= 11 is 0. The molecule has 1 aromatic carbocycles. The number of hydrogen-bond acceptors (Lipinski definition) is 2. The summed E-state index contributed by atoms with van der Waals surface area (Å²) in [5.74, 6) is 0. The van der Waals surface area contributed by atoms with Crippen molar-refractivity contribution in [3.05, 3.63) is 35.9 Å². The van der Waals surface area contributed by atoms with Crippen LogP contribution < -0.4 is 5.73 Å². The first kappa shape index (κ1) is 11.0. The molecule has 0 spiro atoms. The van der Waals surface area contributed by atoms with Crippen LogP contribution in [0.25, 0.3) is 0 Å². The number of benzene rings is 1. The van der Waals surface area contributed by atoms with Crippen molar-refractivity contribution in [1.29, 1.82) is 0 Å². The first-order valence-corrected chi connectivity index (χ1v) is 5.39. The second-order valence-electron chi connectivity index (χ2n) is 3.94.